The third-order valence-electron chi connectivity index (χ3n) is 3.11. The largest absolute Gasteiger partial charge is 0.370 e. The van der Waals surface area contributed by atoms with Crippen molar-refractivity contribution in [2.24, 2.45) is 10.7 Å². The number of aromatic nitrogens is 1. The van der Waals surface area contributed by atoms with E-state index in [4.69, 9.17) is 28.9 Å². The first-order valence-electron chi connectivity index (χ1n) is 6.88. The molecule has 1 heterocycles. The number of thiazole rings is 1. The number of benzene rings is 1. The number of nitrogens with two attached hydrogens (primary N) is 1. The maximum absolute atomic E-state index is 6.18. The van der Waals surface area contributed by atoms with E-state index < -0.39 is 0 Å². The van der Waals surface area contributed by atoms with Gasteiger partial charge in [-0.2, -0.15) is 0 Å². The predicted octanol–water partition coefficient (Wildman–Crippen LogP) is 3.97. The number of nitrogens with zero attached hydrogens (tertiary/aromatic N) is 2. The summed E-state index contributed by atoms with van der Waals surface area (Å²) >= 11 is 13.7. The number of rotatable bonds is 5. The summed E-state index contributed by atoms with van der Waals surface area (Å²) in [5, 5.41) is 7.46. The first-order valence-corrected chi connectivity index (χ1v) is 8.51. The van der Waals surface area contributed by atoms with E-state index in [-0.39, 0.29) is 6.04 Å². The van der Waals surface area contributed by atoms with Crippen LogP contribution in [0.1, 0.15) is 29.2 Å². The fraction of sp³-hybridized carbons (Fsp3) is 0.333. The highest BCUT2D eigenvalue weighted by Gasteiger charge is 2.10. The van der Waals surface area contributed by atoms with Crippen LogP contribution in [0.25, 0.3) is 0 Å². The van der Waals surface area contributed by atoms with Crippen molar-refractivity contribution in [3.8, 4) is 0 Å². The van der Waals surface area contributed by atoms with Crippen LogP contribution < -0.4 is 11.1 Å². The van der Waals surface area contributed by atoms with Crippen LogP contribution in [0.3, 0.4) is 0 Å². The molecule has 2 rings (SSSR count). The Morgan fingerprint density at radius 3 is 2.86 bits per heavy atom. The molecular formula is C15H18Cl2N4S. The molecular weight excluding hydrogens is 339 g/mol. The Hall–Kier alpha value is -1.30. The van der Waals surface area contributed by atoms with Gasteiger partial charge >= 0.3 is 0 Å². The van der Waals surface area contributed by atoms with Crippen LogP contribution in [0.5, 0.6) is 0 Å². The van der Waals surface area contributed by atoms with E-state index in [0.717, 1.165) is 22.7 Å². The lowest BCUT2D eigenvalue weighted by Gasteiger charge is -2.16. The molecule has 1 atom stereocenters. The van der Waals surface area contributed by atoms with Gasteiger partial charge in [-0.15, -0.1) is 11.3 Å². The summed E-state index contributed by atoms with van der Waals surface area (Å²) in [4.78, 5) is 8.71. The highest BCUT2D eigenvalue weighted by molar-refractivity contribution is 7.09. The second-order valence-corrected chi connectivity index (χ2v) is 6.81. The Morgan fingerprint density at radius 2 is 2.23 bits per heavy atom. The van der Waals surface area contributed by atoms with E-state index in [1.165, 1.54) is 0 Å². The summed E-state index contributed by atoms with van der Waals surface area (Å²) in [6.07, 6.45) is 0.781. The predicted molar refractivity (Wildman–Crippen MR) is 95.1 cm³/mol. The Labute approximate surface area is 144 Å². The van der Waals surface area contributed by atoms with Crippen molar-refractivity contribution < 1.29 is 0 Å². The number of aliphatic imine (C=N–C) groups is 1. The highest BCUT2D eigenvalue weighted by Crippen LogP contribution is 2.25. The zero-order valence-electron chi connectivity index (χ0n) is 12.4. The summed E-state index contributed by atoms with van der Waals surface area (Å²) in [7, 11) is 0. The van der Waals surface area contributed by atoms with Crippen molar-refractivity contribution in [3.63, 3.8) is 0 Å². The van der Waals surface area contributed by atoms with E-state index in [2.05, 4.69) is 15.3 Å². The molecule has 1 aromatic carbocycles. The number of aryl methyl sites for hydroxylation is 1. The normalized spacial score (nSPS) is 13.2. The summed E-state index contributed by atoms with van der Waals surface area (Å²) < 4.78 is 0. The van der Waals surface area contributed by atoms with Crippen LogP contribution >= 0.6 is 34.5 Å². The number of hydrogen-bond acceptors (Lipinski definition) is 3. The summed E-state index contributed by atoms with van der Waals surface area (Å²) in [6, 6.07) is 5.36. The third-order valence-corrected chi connectivity index (χ3v) is 4.49. The third kappa shape index (κ3) is 4.87. The molecule has 7 heteroatoms. The molecule has 0 saturated carbocycles. The minimum Gasteiger partial charge on any atom is -0.370 e. The van der Waals surface area contributed by atoms with Gasteiger partial charge in [0.1, 0.15) is 0 Å². The lowest BCUT2D eigenvalue weighted by molar-refractivity contribution is 0.707. The van der Waals surface area contributed by atoms with Gasteiger partial charge in [-0.05, 0) is 31.5 Å². The van der Waals surface area contributed by atoms with Crippen molar-refractivity contribution in [2.75, 3.05) is 6.54 Å². The van der Waals surface area contributed by atoms with Crippen LogP contribution in [0.4, 0.5) is 0 Å². The lowest BCUT2D eigenvalue weighted by atomic mass is 10.1. The Balaban J connectivity index is 1.89. The molecule has 0 amide bonds. The Kier molecular flexibility index (Phi) is 6.06. The smallest absolute Gasteiger partial charge is 0.189 e. The molecule has 0 aliphatic carbocycles. The molecule has 1 unspecified atom stereocenters. The standard InChI is InChI=1S/C15H18Cl2N4S/c1-9(13-4-3-11(16)7-14(13)17)20-15(18)19-6-5-12-8-22-10(2)21-12/h3-4,7-9H,5-6H2,1-2H3,(H3,18,19,20). The van der Waals surface area contributed by atoms with E-state index in [1.807, 2.05) is 25.3 Å². The van der Waals surface area contributed by atoms with Crippen LogP contribution in [-0.2, 0) is 6.42 Å². The maximum Gasteiger partial charge on any atom is 0.189 e. The van der Waals surface area contributed by atoms with Crippen LogP contribution in [0.2, 0.25) is 10.0 Å². The average Bonchev–Trinajstić information content (AvgIpc) is 2.84. The van der Waals surface area contributed by atoms with Gasteiger partial charge in [-0.1, -0.05) is 29.3 Å². The Bertz CT molecular complexity index is 669. The van der Waals surface area contributed by atoms with Crippen LogP contribution in [-0.4, -0.2) is 17.5 Å². The van der Waals surface area contributed by atoms with Gasteiger partial charge in [-0.25, -0.2) is 4.98 Å². The molecule has 0 aliphatic heterocycles. The first-order chi connectivity index (χ1) is 10.5. The van der Waals surface area contributed by atoms with Gasteiger partial charge in [-0.3, -0.25) is 4.99 Å². The van der Waals surface area contributed by atoms with Crippen molar-refractivity contribution in [1.29, 1.82) is 0 Å². The summed E-state index contributed by atoms with van der Waals surface area (Å²) in [5.41, 5.74) is 7.89. The van der Waals surface area contributed by atoms with Gasteiger partial charge in [0.15, 0.2) is 5.96 Å². The SMILES string of the molecule is Cc1nc(CCN=C(N)NC(C)c2ccc(Cl)cc2Cl)cs1. The molecule has 0 aliphatic rings. The Morgan fingerprint density at radius 1 is 1.45 bits per heavy atom. The van der Waals surface area contributed by atoms with Crippen LogP contribution in [0.15, 0.2) is 28.6 Å². The molecule has 0 radical (unpaired) electrons. The lowest BCUT2D eigenvalue weighted by Crippen LogP contribution is -2.34. The fourth-order valence-corrected chi connectivity index (χ4v) is 3.23. The van der Waals surface area contributed by atoms with Crippen molar-refractivity contribution in [3.05, 3.63) is 49.9 Å². The zero-order chi connectivity index (χ0) is 16.1. The molecule has 2 aromatic rings. The number of halogens is 2. The molecule has 4 nitrogen and oxygen atoms in total. The quantitative estimate of drug-likeness (QED) is 0.629. The van der Waals surface area contributed by atoms with E-state index >= 15 is 0 Å². The number of hydrogen-bond donors (Lipinski definition) is 2. The maximum atomic E-state index is 6.18. The van der Waals surface area contributed by atoms with Gasteiger partial charge in [0.2, 0.25) is 0 Å². The second kappa shape index (κ2) is 7.81. The van der Waals surface area contributed by atoms with Gasteiger partial charge in [0.25, 0.3) is 0 Å². The van der Waals surface area contributed by atoms with Gasteiger partial charge in [0.05, 0.1) is 16.7 Å². The zero-order valence-corrected chi connectivity index (χ0v) is 14.8. The van der Waals surface area contributed by atoms with E-state index in [0.29, 0.717) is 22.5 Å². The topological polar surface area (TPSA) is 63.3 Å². The molecule has 3 N–H and O–H groups in total. The molecule has 0 bridgehead atoms. The monoisotopic (exact) mass is 356 g/mol. The average molecular weight is 357 g/mol. The fourth-order valence-electron chi connectivity index (χ4n) is 2.01. The van der Waals surface area contributed by atoms with E-state index in [1.54, 1.807) is 23.5 Å². The van der Waals surface area contributed by atoms with Gasteiger partial charge in [0, 0.05) is 28.4 Å². The molecule has 1 aromatic heterocycles. The summed E-state index contributed by atoms with van der Waals surface area (Å²) in [5.74, 6) is 0.394. The van der Waals surface area contributed by atoms with Crippen LogP contribution in [0, 0.1) is 6.92 Å². The van der Waals surface area contributed by atoms with E-state index in [9.17, 15) is 0 Å². The first kappa shape index (κ1) is 17.1. The highest BCUT2D eigenvalue weighted by atomic mass is 35.5. The number of nitrogens with one attached hydrogen (secondary N) is 1. The molecule has 0 saturated heterocycles. The minimum atomic E-state index is -0.0463. The molecule has 0 spiro atoms. The molecule has 22 heavy (non-hydrogen) atoms. The van der Waals surface area contributed by atoms with Crippen molar-refractivity contribution in [2.45, 2.75) is 26.3 Å². The minimum absolute atomic E-state index is 0.0463. The second-order valence-electron chi connectivity index (χ2n) is 4.91. The summed E-state index contributed by atoms with van der Waals surface area (Å²) in [6.45, 7) is 4.56. The molecule has 118 valence electrons. The number of guanidine groups is 1. The molecule has 0 fully saturated rings. The van der Waals surface area contributed by atoms with Gasteiger partial charge < -0.3 is 11.1 Å². The van der Waals surface area contributed by atoms with Crippen molar-refractivity contribution in [1.82, 2.24) is 10.3 Å². The van der Waals surface area contributed by atoms with Crippen molar-refractivity contribution >= 4 is 40.5 Å².